The van der Waals surface area contributed by atoms with Crippen molar-refractivity contribution < 1.29 is 14.3 Å². The van der Waals surface area contributed by atoms with Crippen molar-refractivity contribution in [3.8, 4) is 11.4 Å². The number of rotatable bonds is 2. The quantitative estimate of drug-likeness (QED) is 0.894. The summed E-state index contributed by atoms with van der Waals surface area (Å²) >= 11 is 0. The van der Waals surface area contributed by atoms with Gasteiger partial charge in [-0.25, -0.2) is 4.39 Å². The molecule has 0 saturated heterocycles. The first-order valence-corrected chi connectivity index (χ1v) is 6.06. The van der Waals surface area contributed by atoms with E-state index < -0.39 is 11.9 Å². The van der Waals surface area contributed by atoms with Crippen molar-refractivity contribution in [2.45, 2.75) is 19.4 Å². The Morgan fingerprint density at radius 2 is 2.16 bits per heavy atom. The van der Waals surface area contributed by atoms with E-state index in [1.165, 1.54) is 6.07 Å². The predicted octanol–water partition coefficient (Wildman–Crippen LogP) is 1.73. The maximum atomic E-state index is 13.8. The van der Waals surface area contributed by atoms with Crippen molar-refractivity contribution in [1.29, 1.82) is 0 Å². The van der Waals surface area contributed by atoms with Crippen molar-refractivity contribution >= 4 is 5.97 Å². The molecule has 2 aromatic rings. The average Bonchev–Trinajstić information content (AvgIpc) is 2.82. The number of nitrogens with zero attached hydrogens (tertiary/aromatic N) is 3. The highest BCUT2D eigenvalue weighted by Gasteiger charge is 2.28. The molecule has 6 heteroatoms. The average molecular weight is 261 g/mol. The van der Waals surface area contributed by atoms with E-state index in [-0.39, 0.29) is 5.82 Å². The third kappa shape index (κ3) is 1.99. The molecule has 98 valence electrons. The largest absolute Gasteiger partial charge is 0.481 e. The highest BCUT2D eigenvalue weighted by atomic mass is 19.1. The second-order valence-corrected chi connectivity index (χ2v) is 4.60. The van der Waals surface area contributed by atoms with Crippen molar-refractivity contribution in [1.82, 2.24) is 14.8 Å². The SMILES string of the molecule is O=C(O)C1CCc2nnc(-c3ccccc3F)n2C1. The minimum absolute atomic E-state index is 0.293. The first-order chi connectivity index (χ1) is 9.16. The molecule has 0 spiro atoms. The van der Waals surface area contributed by atoms with Crippen LogP contribution in [0.1, 0.15) is 12.2 Å². The number of aromatic nitrogens is 3. The monoisotopic (exact) mass is 261 g/mol. The van der Waals surface area contributed by atoms with Crippen LogP contribution in [-0.4, -0.2) is 25.8 Å². The summed E-state index contributed by atoms with van der Waals surface area (Å²) in [6.45, 7) is 0.293. The Morgan fingerprint density at radius 3 is 2.89 bits per heavy atom. The summed E-state index contributed by atoms with van der Waals surface area (Å²) in [7, 11) is 0. The molecule has 5 nitrogen and oxygen atoms in total. The molecule has 1 aliphatic rings. The minimum Gasteiger partial charge on any atom is -0.481 e. The lowest BCUT2D eigenvalue weighted by molar-refractivity contribution is -0.142. The summed E-state index contributed by atoms with van der Waals surface area (Å²) in [5.74, 6) is -0.558. The molecule has 1 aromatic carbocycles. The molecule has 0 fully saturated rings. The molecule has 1 unspecified atom stereocenters. The fraction of sp³-hybridized carbons (Fsp3) is 0.308. The molecule has 1 aliphatic heterocycles. The van der Waals surface area contributed by atoms with Crippen molar-refractivity contribution in [2.75, 3.05) is 0 Å². The molecular formula is C13H12FN3O2. The van der Waals surface area contributed by atoms with Gasteiger partial charge in [-0.05, 0) is 18.6 Å². The van der Waals surface area contributed by atoms with Crippen LogP contribution in [0, 0.1) is 11.7 Å². The summed E-state index contributed by atoms with van der Waals surface area (Å²) in [6, 6.07) is 6.30. The van der Waals surface area contributed by atoms with Gasteiger partial charge in [-0.1, -0.05) is 12.1 Å². The number of carboxylic acid groups (broad SMARTS) is 1. The Hall–Kier alpha value is -2.24. The fourth-order valence-corrected chi connectivity index (χ4v) is 2.37. The number of fused-ring (bicyclic) bond motifs is 1. The molecule has 3 rings (SSSR count). The Bertz CT molecular complexity index is 639. The lowest BCUT2D eigenvalue weighted by atomic mass is 9.99. The van der Waals surface area contributed by atoms with Crippen LogP contribution in [0.3, 0.4) is 0 Å². The summed E-state index contributed by atoms with van der Waals surface area (Å²) < 4.78 is 15.5. The van der Waals surface area contributed by atoms with Crippen LogP contribution < -0.4 is 0 Å². The van der Waals surface area contributed by atoms with Crippen LogP contribution in [0.2, 0.25) is 0 Å². The zero-order chi connectivity index (χ0) is 13.4. The summed E-state index contributed by atoms with van der Waals surface area (Å²) in [4.78, 5) is 11.1. The first kappa shape index (κ1) is 11.8. The molecule has 0 aliphatic carbocycles. The van der Waals surface area contributed by atoms with E-state index in [1.807, 2.05) is 0 Å². The summed E-state index contributed by atoms with van der Waals surface area (Å²) in [5, 5.41) is 17.1. The number of benzene rings is 1. The van der Waals surface area contributed by atoms with Crippen molar-refractivity contribution in [2.24, 2.45) is 5.92 Å². The standard InChI is InChI=1S/C13H12FN3O2/c14-10-4-2-1-3-9(10)12-16-15-11-6-5-8(13(18)19)7-17(11)12/h1-4,8H,5-7H2,(H,18,19). The van der Waals surface area contributed by atoms with Gasteiger partial charge >= 0.3 is 5.97 Å². The second kappa shape index (κ2) is 4.46. The van der Waals surface area contributed by atoms with E-state index in [2.05, 4.69) is 10.2 Å². The van der Waals surface area contributed by atoms with Gasteiger partial charge in [0.15, 0.2) is 5.82 Å². The van der Waals surface area contributed by atoms with Gasteiger partial charge in [0.1, 0.15) is 11.6 Å². The third-order valence-electron chi connectivity index (χ3n) is 3.41. The molecule has 1 aromatic heterocycles. The zero-order valence-electron chi connectivity index (χ0n) is 10.1. The van der Waals surface area contributed by atoms with E-state index in [0.29, 0.717) is 30.8 Å². The number of carbonyl (C=O) groups is 1. The number of halogens is 1. The zero-order valence-corrected chi connectivity index (χ0v) is 10.1. The van der Waals surface area contributed by atoms with Crippen LogP contribution in [0.15, 0.2) is 24.3 Å². The highest BCUT2D eigenvalue weighted by molar-refractivity contribution is 5.70. The topological polar surface area (TPSA) is 68.0 Å². The van der Waals surface area contributed by atoms with Gasteiger partial charge in [0.25, 0.3) is 0 Å². The maximum absolute atomic E-state index is 13.8. The minimum atomic E-state index is -0.834. The van der Waals surface area contributed by atoms with E-state index in [1.54, 1.807) is 22.8 Å². The lowest BCUT2D eigenvalue weighted by Crippen LogP contribution is -2.27. The van der Waals surface area contributed by atoms with E-state index >= 15 is 0 Å². The van der Waals surface area contributed by atoms with Crippen LogP contribution >= 0.6 is 0 Å². The van der Waals surface area contributed by atoms with Gasteiger partial charge in [-0.15, -0.1) is 10.2 Å². The molecule has 1 atom stereocenters. The van der Waals surface area contributed by atoms with Gasteiger partial charge < -0.3 is 9.67 Å². The van der Waals surface area contributed by atoms with Crippen LogP contribution in [-0.2, 0) is 17.8 Å². The number of hydrogen-bond donors (Lipinski definition) is 1. The number of carboxylic acids is 1. The molecule has 0 amide bonds. The van der Waals surface area contributed by atoms with Gasteiger partial charge in [-0.2, -0.15) is 0 Å². The van der Waals surface area contributed by atoms with Gasteiger partial charge in [0, 0.05) is 13.0 Å². The molecule has 0 saturated carbocycles. The molecule has 19 heavy (non-hydrogen) atoms. The Balaban J connectivity index is 2.04. The van der Waals surface area contributed by atoms with E-state index in [4.69, 9.17) is 5.11 Å². The predicted molar refractivity (Wildman–Crippen MR) is 64.9 cm³/mol. The second-order valence-electron chi connectivity index (χ2n) is 4.60. The highest BCUT2D eigenvalue weighted by Crippen LogP contribution is 2.27. The van der Waals surface area contributed by atoms with Crippen LogP contribution in [0.5, 0.6) is 0 Å². The third-order valence-corrected chi connectivity index (χ3v) is 3.41. The van der Waals surface area contributed by atoms with Crippen LogP contribution in [0.4, 0.5) is 4.39 Å². The molecule has 0 radical (unpaired) electrons. The number of aliphatic carboxylic acids is 1. The van der Waals surface area contributed by atoms with E-state index in [9.17, 15) is 9.18 Å². The molecule has 2 heterocycles. The lowest BCUT2D eigenvalue weighted by Gasteiger charge is -2.21. The maximum Gasteiger partial charge on any atom is 0.308 e. The van der Waals surface area contributed by atoms with E-state index in [0.717, 1.165) is 5.82 Å². The van der Waals surface area contributed by atoms with Gasteiger partial charge in [0.2, 0.25) is 0 Å². The van der Waals surface area contributed by atoms with Crippen LogP contribution in [0.25, 0.3) is 11.4 Å². The Labute approximate surface area is 108 Å². The Morgan fingerprint density at radius 1 is 1.37 bits per heavy atom. The summed E-state index contributed by atoms with van der Waals surface area (Å²) in [5.41, 5.74) is 0.354. The first-order valence-electron chi connectivity index (χ1n) is 6.06. The van der Waals surface area contributed by atoms with Crippen molar-refractivity contribution in [3.63, 3.8) is 0 Å². The normalized spacial score (nSPS) is 18.1. The molecular weight excluding hydrogens is 249 g/mol. The molecule has 0 bridgehead atoms. The smallest absolute Gasteiger partial charge is 0.308 e. The number of aryl methyl sites for hydroxylation is 1. The summed E-state index contributed by atoms with van der Waals surface area (Å²) in [6.07, 6.45) is 1.10. The Kier molecular flexibility index (Phi) is 2.77. The number of hydrogen-bond acceptors (Lipinski definition) is 3. The van der Waals surface area contributed by atoms with Crippen molar-refractivity contribution in [3.05, 3.63) is 35.9 Å². The van der Waals surface area contributed by atoms with Gasteiger partial charge in [0.05, 0.1) is 11.5 Å². The van der Waals surface area contributed by atoms with Gasteiger partial charge in [-0.3, -0.25) is 4.79 Å². The molecule has 1 N–H and O–H groups in total. The fourth-order valence-electron chi connectivity index (χ4n) is 2.37.